The molecule has 15 heavy (non-hydrogen) atoms. The van der Waals surface area contributed by atoms with Crippen LogP contribution in [0.4, 0.5) is 0 Å². The Labute approximate surface area is 97.7 Å². The molecule has 0 amide bonds. The summed E-state index contributed by atoms with van der Waals surface area (Å²) in [6.07, 6.45) is 0.402. The highest BCUT2D eigenvalue weighted by atomic mass is 79.9. The molecule has 0 aliphatic rings. The quantitative estimate of drug-likeness (QED) is 0.890. The zero-order valence-electron chi connectivity index (χ0n) is 8.87. The molecule has 0 spiro atoms. The van der Waals surface area contributed by atoms with Gasteiger partial charge in [-0.1, -0.05) is 22.0 Å². The fraction of sp³-hybridized carbons (Fsp3) is 0.333. The first-order valence-corrected chi connectivity index (χ1v) is 5.79. The van der Waals surface area contributed by atoms with Crippen molar-refractivity contribution in [3.63, 3.8) is 0 Å². The number of hydrogen-bond acceptors (Lipinski definition) is 1. The van der Waals surface area contributed by atoms with Gasteiger partial charge in [-0.05, 0) is 30.5 Å². The summed E-state index contributed by atoms with van der Waals surface area (Å²) >= 11 is 3.46. The lowest BCUT2D eigenvalue weighted by atomic mass is 10.2. The highest BCUT2D eigenvalue weighted by Gasteiger charge is 2.07. The monoisotopic (exact) mass is 267 g/mol. The molecular formula is C12H14BrNO. The van der Waals surface area contributed by atoms with Gasteiger partial charge in [0.1, 0.15) is 0 Å². The van der Waals surface area contributed by atoms with Crippen LogP contribution in [-0.2, 0) is 13.5 Å². The molecular weight excluding hydrogens is 254 g/mol. The van der Waals surface area contributed by atoms with Crippen molar-refractivity contribution in [2.24, 2.45) is 7.05 Å². The van der Waals surface area contributed by atoms with Crippen molar-refractivity contribution in [1.82, 2.24) is 4.57 Å². The molecule has 2 aromatic rings. The number of aliphatic hydroxyl groups is 1. The Morgan fingerprint density at radius 1 is 1.40 bits per heavy atom. The van der Waals surface area contributed by atoms with Crippen LogP contribution < -0.4 is 0 Å². The second kappa shape index (κ2) is 3.99. The van der Waals surface area contributed by atoms with Crippen molar-refractivity contribution < 1.29 is 5.11 Å². The maximum Gasteiger partial charge on any atom is 0.0566 e. The maximum atomic E-state index is 9.39. The van der Waals surface area contributed by atoms with E-state index >= 15 is 0 Å². The van der Waals surface area contributed by atoms with Gasteiger partial charge in [0.15, 0.2) is 0 Å². The van der Waals surface area contributed by atoms with Crippen LogP contribution >= 0.6 is 15.9 Å². The van der Waals surface area contributed by atoms with E-state index in [0.717, 1.165) is 10.2 Å². The first-order chi connectivity index (χ1) is 7.08. The molecule has 0 saturated carbocycles. The van der Waals surface area contributed by atoms with E-state index in [-0.39, 0.29) is 6.10 Å². The van der Waals surface area contributed by atoms with Crippen molar-refractivity contribution in [3.05, 3.63) is 34.4 Å². The number of halogens is 1. The van der Waals surface area contributed by atoms with Crippen LogP contribution in [0.5, 0.6) is 0 Å². The third-order valence-corrected chi connectivity index (χ3v) is 3.10. The lowest BCUT2D eigenvalue weighted by Crippen LogP contribution is -2.07. The molecule has 0 radical (unpaired) electrons. The van der Waals surface area contributed by atoms with Gasteiger partial charge in [-0.15, -0.1) is 0 Å². The predicted molar refractivity (Wildman–Crippen MR) is 66.0 cm³/mol. The molecule has 2 nitrogen and oxygen atoms in total. The van der Waals surface area contributed by atoms with E-state index in [1.807, 2.05) is 20.0 Å². The van der Waals surface area contributed by atoms with E-state index in [1.165, 1.54) is 10.9 Å². The number of benzene rings is 1. The smallest absolute Gasteiger partial charge is 0.0566 e. The number of hydrogen-bond donors (Lipinski definition) is 1. The van der Waals surface area contributed by atoms with Crippen molar-refractivity contribution in [3.8, 4) is 0 Å². The normalized spacial score (nSPS) is 13.3. The average Bonchev–Trinajstić information content (AvgIpc) is 2.44. The Hall–Kier alpha value is -0.800. The number of rotatable bonds is 2. The Morgan fingerprint density at radius 3 is 2.80 bits per heavy atom. The van der Waals surface area contributed by atoms with Gasteiger partial charge in [-0.2, -0.15) is 0 Å². The fourth-order valence-electron chi connectivity index (χ4n) is 1.86. The summed E-state index contributed by atoms with van der Waals surface area (Å²) in [6.45, 7) is 1.81. The summed E-state index contributed by atoms with van der Waals surface area (Å²) in [7, 11) is 2.03. The average molecular weight is 268 g/mol. The Balaban J connectivity index is 2.54. The second-order valence-corrected chi connectivity index (χ2v) is 4.87. The van der Waals surface area contributed by atoms with E-state index in [4.69, 9.17) is 0 Å². The minimum atomic E-state index is -0.295. The number of aromatic nitrogens is 1. The van der Waals surface area contributed by atoms with Crippen molar-refractivity contribution in [1.29, 1.82) is 0 Å². The number of aliphatic hydroxyl groups excluding tert-OH is 1. The minimum Gasteiger partial charge on any atom is -0.393 e. The number of fused-ring (bicyclic) bond motifs is 1. The second-order valence-electron chi connectivity index (χ2n) is 3.95. The van der Waals surface area contributed by atoms with Gasteiger partial charge in [-0.25, -0.2) is 0 Å². The Kier molecular flexibility index (Phi) is 2.85. The lowest BCUT2D eigenvalue weighted by molar-refractivity contribution is 0.193. The minimum absolute atomic E-state index is 0.295. The van der Waals surface area contributed by atoms with Crippen molar-refractivity contribution >= 4 is 26.8 Å². The number of aryl methyl sites for hydroxylation is 1. The highest BCUT2D eigenvalue weighted by Crippen LogP contribution is 2.23. The SMILES string of the molecule is CC(O)Cc1cc2ccc(Br)cc2n1C. The molecule has 1 heterocycles. The molecule has 1 aromatic carbocycles. The van der Waals surface area contributed by atoms with Gasteiger partial charge in [0, 0.05) is 29.2 Å². The zero-order chi connectivity index (χ0) is 11.0. The summed E-state index contributed by atoms with van der Waals surface area (Å²) in [6, 6.07) is 8.36. The first-order valence-electron chi connectivity index (χ1n) is 5.00. The predicted octanol–water partition coefficient (Wildman–Crippen LogP) is 2.86. The molecule has 1 unspecified atom stereocenters. The molecule has 0 bridgehead atoms. The summed E-state index contributed by atoms with van der Waals surface area (Å²) in [5.41, 5.74) is 2.36. The van der Waals surface area contributed by atoms with Crippen LogP contribution in [0.2, 0.25) is 0 Å². The van der Waals surface area contributed by atoms with E-state index in [0.29, 0.717) is 6.42 Å². The third-order valence-electron chi connectivity index (χ3n) is 2.61. The van der Waals surface area contributed by atoms with Gasteiger partial charge in [0.2, 0.25) is 0 Å². The van der Waals surface area contributed by atoms with E-state index < -0.39 is 0 Å². The summed E-state index contributed by atoms with van der Waals surface area (Å²) < 4.78 is 3.21. The Bertz CT molecular complexity index is 488. The molecule has 1 atom stereocenters. The molecule has 0 fully saturated rings. The van der Waals surface area contributed by atoms with Gasteiger partial charge in [-0.3, -0.25) is 0 Å². The van der Waals surface area contributed by atoms with Gasteiger partial charge in [0.05, 0.1) is 6.10 Å². The molecule has 1 N–H and O–H groups in total. The van der Waals surface area contributed by atoms with Gasteiger partial charge in [0.25, 0.3) is 0 Å². The summed E-state index contributed by atoms with van der Waals surface area (Å²) in [5.74, 6) is 0. The lowest BCUT2D eigenvalue weighted by Gasteiger charge is -2.06. The van der Waals surface area contributed by atoms with Crippen LogP contribution in [0.25, 0.3) is 10.9 Å². The fourth-order valence-corrected chi connectivity index (χ4v) is 2.21. The first kappa shape index (κ1) is 10.7. The van der Waals surface area contributed by atoms with Crippen LogP contribution in [0.1, 0.15) is 12.6 Å². The standard InChI is InChI=1S/C12H14BrNO/c1-8(15)5-11-6-9-3-4-10(13)7-12(9)14(11)2/h3-4,6-8,15H,5H2,1-2H3. The molecule has 0 saturated heterocycles. The molecule has 0 aliphatic heterocycles. The third kappa shape index (κ3) is 2.08. The molecule has 2 rings (SSSR count). The summed E-state index contributed by atoms with van der Waals surface area (Å²) in [5, 5.41) is 10.6. The maximum absolute atomic E-state index is 9.39. The van der Waals surface area contributed by atoms with Crippen molar-refractivity contribution in [2.45, 2.75) is 19.4 Å². The molecule has 1 aromatic heterocycles. The zero-order valence-corrected chi connectivity index (χ0v) is 10.5. The highest BCUT2D eigenvalue weighted by molar-refractivity contribution is 9.10. The van der Waals surface area contributed by atoms with Crippen LogP contribution in [0.3, 0.4) is 0 Å². The van der Waals surface area contributed by atoms with Crippen molar-refractivity contribution in [2.75, 3.05) is 0 Å². The molecule has 80 valence electrons. The molecule has 3 heteroatoms. The van der Waals surface area contributed by atoms with Crippen LogP contribution in [0.15, 0.2) is 28.7 Å². The van der Waals surface area contributed by atoms with Gasteiger partial charge < -0.3 is 9.67 Å². The van der Waals surface area contributed by atoms with Crippen LogP contribution in [0, 0.1) is 0 Å². The van der Waals surface area contributed by atoms with E-state index in [9.17, 15) is 5.11 Å². The van der Waals surface area contributed by atoms with E-state index in [2.05, 4.69) is 38.7 Å². The number of nitrogens with zero attached hydrogens (tertiary/aromatic N) is 1. The van der Waals surface area contributed by atoms with E-state index in [1.54, 1.807) is 0 Å². The summed E-state index contributed by atoms with van der Waals surface area (Å²) in [4.78, 5) is 0. The molecule has 0 aliphatic carbocycles. The Morgan fingerprint density at radius 2 is 2.13 bits per heavy atom. The van der Waals surface area contributed by atoms with Crippen LogP contribution in [-0.4, -0.2) is 15.8 Å². The topological polar surface area (TPSA) is 25.2 Å². The largest absolute Gasteiger partial charge is 0.393 e. The van der Waals surface area contributed by atoms with Gasteiger partial charge >= 0.3 is 0 Å².